The van der Waals surface area contributed by atoms with Crippen LogP contribution < -0.4 is 0 Å². The molecule has 0 radical (unpaired) electrons. The van der Waals surface area contributed by atoms with Gasteiger partial charge in [0.2, 0.25) is 0 Å². The van der Waals surface area contributed by atoms with Gasteiger partial charge in [0.05, 0.1) is 37.1 Å². The standard InChI is InChI=1S/C39H62O12/c1-17-9-12-39(46-16-17)18(2)28-26(51-39)15-25-23-8-7-21-13-22(49-35-33(44)31(42)29(40)19(3)47-35)14-27(38(21,6)24(23)10-11-37(25,28)5)50-36-34(45)32(43)30(41)20(4)48-36/h7,17-20,22-36,40-45H,8-16H2,1-6H3/t17-,18-,19-,20+,22+,23+,24-,25-,26-,27+,28-,29-,30-,31-,32-,33-,34-,35-,36-,37-,38-,39+/m0/s1. The summed E-state index contributed by atoms with van der Waals surface area (Å²) in [5, 5.41) is 63.8. The van der Waals surface area contributed by atoms with Crippen LogP contribution in [-0.4, -0.2) is 123 Å². The summed E-state index contributed by atoms with van der Waals surface area (Å²) in [6.07, 6.45) is -3.33. The number of hydrogen-bond acceptors (Lipinski definition) is 12. The van der Waals surface area contributed by atoms with E-state index in [0.717, 1.165) is 45.1 Å². The molecule has 4 heterocycles. The van der Waals surface area contributed by atoms with Crippen LogP contribution in [0.1, 0.15) is 92.9 Å². The Morgan fingerprint density at radius 2 is 1.39 bits per heavy atom. The molecule has 0 aromatic heterocycles. The van der Waals surface area contributed by atoms with E-state index in [4.69, 9.17) is 28.4 Å². The van der Waals surface area contributed by atoms with Crippen molar-refractivity contribution in [2.75, 3.05) is 6.61 Å². The van der Waals surface area contributed by atoms with Gasteiger partial charge in [-0.05, 0) is 87.4 Å². The Balaban J connectivity index is 1.08. The summed E-state index contributed by atoms with van der Waals surface area (Å²) in [5.74, 6) is 1.99. The van der Waals surface area contributed by atoms with Crippen LogP contribution in [0.5, 0.6) is 0 Å². The molecule has 1 spiro atoms. The molecule has 290 valence electrons. The molecule has 0 amide bonds. The van der Waals surface area contributed by atoms with E-state index in [0.29, 0.717) is 42.4 Å². The van der Waals surface area contributed by atoms with Gasteiger partial charge < -0.3 is 59.1 Å². The van der Waals surface area contributed by atoms with Crippen molar-refractivity contribution in [2.24, 2.45) is 46.3 Å². The van der Waals surface area contributed by atoms with Crippen molar-refractivity contribution in [3.05, 3.63) is 11.6 Å². The SMILES string of the molecule is C[C@H]1CC[C@@]2(OC1)O[C@H]1C[C@H]3[C@@H]4CC=C5C[C@@H](O[C@@H]6O[C@@H](C)[C@H](O)[C@H](O)[C@@H]6O)C[C@@H](O[C@@H]6O[C@H](C)[C@H](O)[C@H](O)[C@@H]6O)[C@]5(C)[C@H]4CC[C@]3(C)[C@H]1[C@@H]2C. The minimum Gasteiger partial charge on any atom is -0.388 e. The molecule has 0 aromatic carbocycles. The largest absolute Gasteiger partial charge is 0.388 e. The molecule has 51 heavy (non-hydrogen) atoms. The summed E-state index contributed by atoms with van der Waals surface area (Å²) in [5.41, 5.74) is 0.868. The first-order valence-corrected chi connectivity index (χ1v) is 19.8. The lowest BCUT2D eigenvalue weighted by Crippen LogP contribution is -2.62. The quantitative estimate of drug-likeness (QED) is 0.234. The molecule has 0 bridgehead atoms. The number of hydrogen-bond donors (Lipinski definition) is 6. The maximum Gasteiger partial charge on any atom is 0.186 e. The molecule has 4 aliphatic carbocycles. The molecule has 4 aliphatic heterocycles. The molecule has 4 saturated heterocycles. The van der Waals surface area contributed by atoms with Crippen LogP contribution in [-0.2, 0) is 28.4 Å². The fourth-order valence-electron chi connectivity index (χ4n) is 12.6. The lowest BCUT2D eigenvalue weighted by Gasteiger charge is -2.61. The van der Waals surface area contributed by atoms with E-state index < -0.39 is 84.8 Å². The van der Waals surface area contributed by atoms with Crippen molar-refractivity contribution in [1.82, 2.24) is 0 Å². The lowest BCUT2D eigenvalue weighted by atomic mass is 9.46. The van der Waals surface area contributed by atoms with E-state index >= 15 is 0 Å². The van der Waals surface area contributed by atoms with Crippen molar-refractivity contribution in [3.8, 4) is 0 Å². The summed E-state index contributed by atoms with van der Waals surface area (Å²) in [7, 11) is 0. The maximum atomic E-state index is 11.1. The Labute approximate surface area is 301 Å². The van der Waals surface area contributed by atoms with E-state index in [1.807, 2.05) is 0 Å². The van der Waals surface area contributed by atoms with E-state index in [-0.39, 0.29) is 17.4 Å². The van der Waals surface area contributed by atoms with Gasteiger partial charge in [-0.2, -0.15) is 0 Å². The Hall–Kier alpha value is -0.740. The van der Waals surface area contributed by atoms with E-state index in [2.05, 4.69) is 33.8 Å². The summed E-state index contributed by atoms with van der Waals surface area (Å²) in [6.45, 7) is 13.4. The van der Waals surface area contributed by atoms with Crippen LogP contribution in [0.25, 0.3) is 0 Å². The highest BCUT2D eigenvalue weighted by molar-refractivity contribution is 5.29. The van der Waals surface area contributed by atoms with Crippen LogP contribution in [0.3, 0.4) is 0 Å². The zero-order chi connectivity index (χ0) is 36.4. The highest BCUT2D eigenvalue weighted by atomic mass is 16.7. The third kappa shape index (κ3) is 5.67. The maximum absolute atomic E-state index is 11.1. The van der Waals surface area contributed by atoms with Gasteiger partial charge in [-0.1, -0.05) is 39.3 Å². The van der Waals surface area contributed by atoms with E-state index in [9.17, 15) is 30.6 Å². The molecule has 6 N–H and O–H groups in total. The Bertz CT molecular complexity index is 1320. The second-order valence-electron chi connectivity index (χ2n) is 18.3. The molecule has 0 unspecified atom stereocenters. The molecule has 22 atom stereocenters. The zero-order valence-electron chi connectivity index (χ0n) is 31.0. The van der Waals surface area contributed by atoms with Crippen molar-refractivity contribution in [3.63, 3.8) is 0 Å². The first-order valence-electron chi connectivity index (χ1n) is 19.8. The van der Waals surface area contributed by atoms with Crippen LogP contribution >= 0.6 is 0 Å². The van der Waals surface area contributed by atoms with E-state index in [1.165, 1.54) is 5.57 Å². The van der Waals surface area contributed by atoms with Crippen molar-refractivity contribution in [2.45, 2.75) is 178 Å². The Morgan fingerprint density at radius 3 is 2.02 bits per heavy atom. The molecular formula is C39H62O12. The molecule has 12 heteroatoms. The number of aliphatic hydroxyl groups is 6. The third-order valence-electron chi connectivity index (χ3n) is 15.6. The molecule has 3 saturated carbocycles. The average molecular weight is 723 g/mol. The minimum absolute atomic E-state index is 0.119. The van der Waals surface area contributed by atoms with Crippen LogP contribution in [0.15, 0.2) is 11.6 Å². The molecule has 12 nitrogen and oxygen atoms in total. The van der Waals surface area contributed by atoms with Crippen LogP contribution in [0.4, 0.5) is 0 Å². The van der Waals surface area contributed by atoms with Crippen LogP contribution in [0.2, 0.25) is 0 Å². The molecule has 7 fully saturated rings. The zero-order valence-corrected chi connectivity index (χ0v) is 31.0. The summed E-state index contributed by atoms with van der Waals surface area (Å²) >= 11 is 0. The van der Waals surface area contributed by atoms with Gasteiger partial charge in [-0.15, -0.1) is 0 Å². The minimum atomic E-state index is -1.45. The Morgan fingerprint density at radius 1 is 0.745 bits per heavy atom. The van der Waals surface area contributed by atoms with Gasteiger partial charge in [-0.25, -0.2) is 0 Å². The monoisotopic (exact) mass is 722 g/mol. The number of allylic oxidation sites excluding steroid dienone is 1. The summed E-state index contributed by atoms with van der Waals surface area (Å²) in [4.78, 5) is 0. The smallest absolute Gasteiger partial charge is 0.186 e. The van der Waals surface area contributed by atoms with Crippen molar-refractivity contribution < 1.29 is 59.1 Å². The molecule has 8 rings (SSSR count). The number of aliphatic hydroxyl groups excluding tert-OH is 6. The number of ether oxygens (including phenoxy) is 6. The fraction of sp³-hybridized carbons (Fsp3) is 0.949. The first kappa shape index (κ1) is 37.2. The van der Waals surface area contributed by atoms with Gasteiger partial charge in [-0.3, -0.25) is 0 Å². The van der Waals surface area contributed by atoms with Crippen molar-refractivity contribution in [1.29, 1.82) is 0 Å². The average Bonchev–Trinajstić information content (AvgIpc) is 3.55. The summed E-state index contributed by atoms with van der Waals surface area (Å²) < 4.78 is 38.5. The molecular weight excluding hydrogens is 660 g/mol. The van der Waals surface area contributed by atoms with Gasteiger partial charge in [0, 0.05) is 24.2 Å². The first-order chi connectivity index (χ1) is 24.1. The number of rotatable bonds is 4. The number of fused-ring (bicyclic) bond motifs is 7. The van der Waals surface area contributed by atoms with Crippen LogP contribution in [0, 0.1) is 46.3 Å². The predicted molar refractivity (Wildman–Crippen MR) is 182 cm³/mol. The molecule has 8 aliphatic rings. The highest BCUT2D eigenvalue weighted by Crippen LogP contribution is 2.71. The lowest BCUT2D eigenvalue weighted by molar-refractivity contribution is -0.329. The third-order valence-corrected chi connectivity index (χ3v) is 15.6. The predicted octanol–water partition coefficient (Wildman–Crippen LogP) is 2.39. The second-order valence-corrected chi connectivity index (χ2v) is 18.3. The molecule has 0 aromatic rings. The normalized spacial score (nSPS) is 59.8. The van der Waals surface area contributed by atoms with Gasteiger partial charge in [0.1, 0.15) is 36.6 Å². The second kappa shape index (κ2) is 13.2. The van der Waals surface area contributed by atoms with Crippen molar-refractivity contribution >= 4 is 0 Å². The Kier molecular flexibility index (Phi) is 9.62. The van der Waals surface area contributed by atoms with E-state index in [1.54, 1.807) is 13.8 Å². The van der Waals surface area contributed by atoms with Gasteiger partial charge in [0.25, 0.3) is 0 Å². The fourth-order valence-corrected chi connectivity index (χ4v) is 12.6. The van der Waals surface area contributed by atoms with Gasteiger partial charge >= 0.3 is 0 Å². The topological polar surface area (TPSA) is 177 Å². The highest BCUT2D eigenvalue weighted by Gasteiger charge is 2.69. The summed E-state index contributed by atoms with van der Waals surface area (Å²) in [6, 6.07) is 0. The van der Waals surface area contributed by atoms with Gasteiger partial charge in [0.15, 0.2) is 18.4 Å².